The minimum atomic E-state index is -0.707. The lowest BCUT2D eigenvalue weighted by molar-refractivity contribution is -0.138. The van der Waals surface area contributed by atoms with Crippen LogP contribution in [0.3, 0.4) is 0 Å². The van der Waals surface area contributed by atoms with Gasteiger partial charge >= 0.3 is 11.9 Å². The number of unbranched alkanes of at least 4 members (excludes halogenated alkanes) is 8. The lowest BCUT2D eigenvalue weighted by Gasteiger charge is -2.05. The topological polar surface area (TPSA) is 87.7 Å². The quantitative estimate of drug-likeness (QED) is 0.224. The Morgan fingerprint density at radius 3 is 1.67 bits per heavy atom. The molecule has 0 spiro atoms. The second kappa shape index (κ2) is 18.0. The number of carbonyl (C=O) groups is 2. The van der Waals surface area contributed by atoms with E-state index in [1.54, 1.807) is 0 Å². The Labute approximate surface area is 217 Å². The van der Waals surface area contributed by atoms with Crippen molar-refractivity contribution in [1.82, 2.24) is 0 Å². The zero-order valence-electron chi connectivity index (χ0n) is 22.5. The number of furan rings is 1. The highest BCUT2D eigenvalue weighted by Crippen LogP contribution is 2.31. The number of hydrogen-bond acceptors (Lipinski definition) is 3. The van der Waals surface area contributed by atoms with Crippen LogP contribution in [-0.2, 0) is 22.4 Å². The summed E-state index contributed by atoms with van der Waals surface area (Å²) in [5, 5.41) is 19.9. The fourth-order valence-corrected chi connectivity index (χ4v) is 4.15. The molecule has 2 saturated carbocycles. The maximum atomic E-state index is 10.6. The molecule has 0 atom stereocenters. The molecule has 0 unspecified atom stereocenters. The van der Waals surface area contributed by atoms with E-state index in [1.165, 1.54) is 54.9 Å². The number of fused-ring (bicyclic) bond motifs is 1. The molecule has 2 aliphatic rings. The van der Waals surface area contributed by atoms with Gasteiger partial charge in [0.15, 0.2) is 0 Å². The molecule has 4 rings (SSSR count). The van der Waals surface area contributed by atoms with Crippen LogP contribution in [0.1, 0.15) is 133 Å². The highest BCUT2D eigenvalue weighted by Gasteiger charge is 2.13. The molecule has 2 N–H and O–H groups in total. The average Bonchev–Trinajstić information content (AvgIpc) is 3.74. The molecular weight excluding hydrogens is 452 g/mol. The summed E-state index contributed by atoms with van der Waals surface area (Å²) in [6.45, 7) is 2.05. The molecule has 36 heavy (non-hydrogen) atoms. The van der Waals surface area contributed by atoms with Crippen LogP contribution >= 0.6 is 0 Å². The molecule has 1 heterocycles. The van der Waals surface area contributed by atoms with Crippen molar-refractivity contribution in [3.05, 3.63) is 35.3 Å². The summed E-state index contributed by atoms with van der Waals surface area (Å²) >= 11 is 0. The molecular formula is C31H48O5. The second-order valence-electron chi connectivity index (χ2n) is 10.4. The molecule has 0 radical (unpaired) electrons. The van der Waals surface area contributed by atoms with Gasteiger partial charge in [-0.3, -0.25) is 9.59 Å². The fourth-order valence-electron chi connectivity index (χ4n) is 4.15. The van der Waals surface area contributed by atoms with Gasteiger partial charge in [0.1, 0.15) is 11.5 Å². The Balaban J connectivity index is 0.000000660. The van der Waals surface area contributed by atoms with Crippen LogP contribution < -0.4 is 0 Å². The maximum Gasteiger partial charge on any atom is 0.303 e. The summed E-state index contributed by atoms with van der Waals surface area (Å²) in [7, 11) is 0. The van der Waals surface area contributed by atoms with E-state index in [9.17, 15) is 9.59 Å². The molecule has 1 aromatic heterocycles. The van der Waals surface area contributed by atoms with Crippen LogP contribution in [0.5, 0.6) is 0 Å². The van der Waals surface area contributed by atoms with Crippen LogP contribution in [0, 0.1) is 6.92 Å². The van der Waals surface area contributed by atoms with Gasteiger partial charge in [0.05, 0.1) is 0 Å². The fraction of sp³-hybridized carbons (Fsp3) is 0.677. The smallest absolute Gasteiger partial charge is 0.303 e. The molecule has 0 saturated heterocycles. The van der Waals surface area contributed by atoms with Crippen molar-refractivity contribution in [2.24, 2.45) is 0 Å². The van der Waals surface area contributed by atoms with Crippen LogP contribution in [0.4, 0.5) is 0 Å². The molecule has 5 heteroatoms. The summed E-state index contributed by atoms with van der Waals surface area (Å²) in [4.78, 5) is 21.1. The van der Waals surface area contributed by atoms with Crippen molar-refractivity contribution in [1.29, 1.82) is 0 Å². The van der Waals surface area contributed by atoms with Gasteiger partial charge in [-0.15, -0.1) is 0 Å². The lowest BCUT2D eigenvalue weighted by Crippen LogP contribution is -1.94. The van der Waals surface area contributed by atoms with Crippen LogP contribution in [0.15, 0.2) is 22.6 Å². The third-order valence-electron chi connectivity index (χ3n) is 6.42. The summed E-state index contributed by atoms with van der Waals surface area (Å²) < 4.78 is 6.11. The molecule has 2 fully saturated rings. The zero-order chi connectivity index (χ0) is 26.0. The molecule has 0 bridgehead atoms. The normalized spacial score (nSPS) is 13.4. The minimum Gasteiger partial charge on any atom is -0.481 e. The van der Waals surface area contributed by atoms with E-state index in [2.05, 4.69) is 18.2 Å². The summed E-state index contributed by atoms with van der Waals surface area (Å²) in [5.74, 6) is 0.662. The predicted octanol–water partition coefficient (Wildman–Crippen LogP) is 9.02. The predicted molar refractivity (Wildman–Crippen MR) is 147 cm³/mol. The van der Waals surface area contributed by atoms with Crippen LogP contribution in [0.25, 0.3) is 10.8 Å². The number of carboxylic acids is 2. The first-order valence-corrected chi connectivity index (χ1v) is 14.4. The standard InChI is InChI=1S/C25H36O5.2C3H6/c1-19-25-20(13-8-4-2-6-10-17-23(26)27)14-12-15-21(25)22(30-19)16-9-5-3-7-11-18-24(28)29;2*1-2-3-1/h12,14-15H,2-11,13,16-18H2,1H3,(H,26,27)(H,28,29);2*1-3H2. The molecule has 2 aromatic rings. The van der Waals surface area contributed by atoms with E-state index >= 15 is 0 Å². The van der Waals surface area contributed by atoms with Crippen LogP contribution in [0.2, 0.25) is 0 Å². The maximum absolute atomic E-state index is 10.6. The Kier molecular flexibility index (Phi) is 15.0. The van der Waals surface area contributed by atoms with Gasteiger partial charge in [-0.2, -0.15) is 0 Å². The molecule has 5 nitrogen and oxygen atoms in total. The molecule has 0 amide bonds. The van der Waals surface area contributed by atoms with Crippen molar-refractivity contribution >= 4 is 22.7 Å². The third-order valence-corrected chi connectivity index (χ3v) is 6.42. The molecule has 2 aliphatic carbocycles. The highest BCUT2D eigenvalue weighted by atomic mass is 16.4. The number of benzene rings is 1. The Morgan fingerprint density at radius 2 is 1.17 bits per heavy atom. The van der Waals surface area contributed by atoms with E-state index in [0.717, 1.165) is 88.6 Å². The number of rotatable bonds is 16. The van der Waals surface area contributed by atoms with E-state index < -0.39 is 11.9 Å². The van der Waals surface area contributed by atoms with Gasteiger partial charge < -0.3 is 14.6 Å². The van der Waals surface area contributed by atoms with Crippen molar-refractivity contribution in [3.63, 3.8) is 0 Å². The van der Waals surface area contributed by atoms with Gasteiger partial charge in [-0.1, -0.05) is 95.2 Å². The Hall–Kier alpha value is -2.30. The monoisotopic (exact) mass is 500 g/mol. The van der Waals surface area contributed by atoms with E-state index in [1.807, 2.05) is 6.92 Å². The molecule has 1 aromatic carbocycles. The van der Waals surface area contributed by atoms with Gasteiger partial charge in [0.25, 0.3) is 0 Å². The summed E-state index contributed by atoms with van der Waals surface area (Å²) in [6, 6.07) is 6.47. The molecule has 202 valence electrons. The van der Waals surface area contributed by atoms with Crippen molar-refractivity contribution in [3.8, 4) is 0 Å². The van der Waals surface area contributed by atoms with Crippen molar-refractivity contribution in [2.75, 3.05) is 0 Å². The van der Waals surface area contributed by atoms with Gasteiger partial charge in [0.2, 0.25) is 0 Å². The molecule has 0 aliphatic heterocycles. The largest absolute Gasteiger partial charge is 0.481 e. The number of aryl methyl sites for hydroxylation is 3. The van der Waals surface area contributed by atoms with Gasteiger partial charge in [-0.25, -0.2) is 0 Å². The Bertz CT molecular complexity index is 882. The SMILES string of the molecule is C1CC1.C1CC1.Cc1oc(CCCCCCCC(=O)O)c2cccc(CCCCCCCC(=O)O)c12. The number of hydrogen-bond donors (Lipinski definition) is 2. The Morgan fingerprint density at radius 1 is 0.694 bits per heavy atom. The van der Waals surface area contributed by atoms with E-state index in [-0.39, 0.29) is 12.8 Å². The number of aliphatic carboxylic acids is 2. The summed E-state index contributed by atoms with van der Waals surface area (Å²) in [5.41, 5.74) is 1.35. The zero-order valence-corrected chi connectivity index (χ0v) is 22.5. The first-order chi connectivity index (χ1) is 17.5. The third kappa shape index (κ3) is 14.3. The van der Waals surface area contributed by atoms with Gasteiger partial charge in [-0.05, 0) is 44.6 Å². The van der Waals surface area contributed by atoms with Crippen molar-refractivity contribution < 1.29 is 24.2 Å². The van der Waals surface area contributed by atoms with Gasteiger partial charge in [0, 0.05) is 30.0 Å². The van der Waals surface area contributed by atoms with E-state index in [0.29, 0.717) is 0 Å². The van der Waals surface area contributed by atoms with Crippen molar-refractivity contribution in [2.45, 2.75) is 135 Å². The van der Waals surface area contributed by atoms with Crippen LogP contribution in [-0.4, -0.2) is 22.2 Å². The van der Waals surface area contributed by atoms with E-state index in [4.69, 9.17) is 14.6 Å². The number of carboxylic acid groups (broad SMARTS) is 2. The minimum absolute atomic E-state index is 0.271. The lowest BCUT2D eigenvalue weighted by atomic mass is 9.98. The first-order valence-electron chi connectivity index (χ1n) is 14.4. The highest BCUT2D eigenvalue weighted by molar-refractivity contribution is 5.89. The summed E-state index contributed by atoms with van der Waals surface area (Å²) in [6.07, 6.45) is 21.6. The first kappa shape index (κ1) is 29.9. The second-order valence-corrected chi connectivity index (χ2v) is 10.4. The average molecular weight is 501 g/mol.